The maximum Gasteiger partial charge on any atom is 0.419 e. The van der Waals surface area contributed by atoms with E-state index in [4.69, 9.17) is 0 Å². The molecule has 1 N–H and O–H groups in total. The molecule has 0 amide bonds. The molecule has 0 saturated heterocycles. The summed E-state index contributed by atoms with van der Waals surface area (Å²) in [4.78, 5) is 8.08. The molecule has 0 radical (unpaired) electrons. The molecule has 1 aromatic heterocycles. The van der Waals surface area contributed by atoms with E-state index in [2.05, 4.69) is 14.7 Å². The fourth-order valence-electron chi connectivity index (χ4n) is 1.95. The molecule has 9 heteroatoms. The molecule has 2 rings (SSSR count). The molecule has 1 unspecified atom stereocenters. The molecule has 0 aliphatic carbocycles. The molecule has 25 heavy (non-hydrogen) atoms. The van der Waals surface area contributed by atoms with E-state index in [1.807, 2.05) is 0 Å². The Morgan fingerprint density at radius 3 is 2.20 bits per heavy atom. The summed E-state index contributed by atoms with van der Waals surface area (Å²) in [7, 11) is 0. The largest absolute Gasteiger partial charge is 0.598 e. The zero-order valence-electron chi connectivity index (χ0n) is 13.8. The monoisotopic (exact) mass is 375 g/mol. The van der Waals surface area contributed by atoms with Gasteiger partial charge < -0.3 is 4.55 Å². The van der Waals surface area contributed by atoms with Crippen molar-refractivity contribution in [1.29, 1.82) is 0 Å². The van der Waals surface area contributed by atoms with Crippen LogP contribution in [0.5, 0.6) is 0 Å². The van der Waals surface area contributed by atoms with Gasteiger partial charge in [0.25, 0.3) is 0 Å². The highest BCUT2D eigenvalue weighted by molar-refractivity contribution is 7.90. The van der Waals surface area contributed by atoms with Gasteiger partial charge in [-0.05, 0) is 44.5 Å². The second kappa shape index (κ2) is 7.27. The molecule has 2 atom stereocenters. The number of nitrogens with one attached hydrogen (secondary N) is 1. The lowest BCUT2D eigenvalue weighted by Gasteiger charge is -2.27. The first-order chi connectivity index (χ1) is 11.5. The second-order valence-electron chi connectivity index (χ2n) is 6.28. The van der Waals surface area contributed by atoms with Crippen molar-refractivity contribution in [2.45, 2.75) is 37.7 Å². The minimum absolute atomic E-state index is 0.148. The number of halogens is 4. The molecule has 0 bridgehead atoms. The van der Waals surface area contributed by atoms with E-state index in [9.17, 15) is 22.1 Å². The first-order valence-corrected chi connectivity index (χ1v) is 8.47. The molecule has 0 fully saturated rings. The van der Waals surface area contributed by atoms with Crippen LogP contribution in [0.1, 0.15) is 43.8 Å². The Morgan fingerprint density at radius 1 is 1.12 bits per heavy atom. The van der Waals surface area contributed by atoms with Crippen LogP contribution in [0.15, 0.2) is 36.7 Å². The number of aromatic nitrogens is 2. The van der Waals surface area contributed by atoms with E-state index in [1.165, 1.54) is 12.4 Å². The summed E-state index contributed by atoms with van der Waals surface area (Å²) in [5.74, 6) is -1.23. The maximum absolute atomic E-state index is 13.9. The van der Waals surface area contributed by atoms with Crippen molar-refractivity contribution >= 4 is 11.4 Å². The average molecular weight is 375 g/mol. The van der Waals surface area contributed by atoms with Gasteiger partial charge in [-0.25, -0.2) is 14.4 Å². The molecule has 2 aromatic rings. The number of hydrogen-bond acceptors (Lipinski definition) is 4. The summed E-state index contributed by atoms with van der Waals surface area (Å²) >= 11 is -1.57. The Morgan fingerprint density at radius 2 is 1.72 bits per heavy atom. The summed E-state index contributed by atoms with van der Waals surface area (Å²) in [6.45, 7) is 5.19. The first-order valence-electron chi connectivity index (χ1n) is 7.32. The van der Waals surface area contributed by atoms with Gasteiger partial charge in [0.15, 0.2) is 5.82 Å². The van der Waals surface area contributed by atoms with E-state index in [0.717, 1.165) is 12.1 Å². The number of rotatable bonds is 4. The van der Waals surface area contributed by atoms with Crippen molar-refractivity contribution in [1.82, 2.24) is 14.7 Å². The van der Waals surface area contributed by atoms with Crippen molar-refractivity contribution in [3.63, 3.8) is 0 Å². The predicted molar refractivity (Wildman–Crippen MR) is 86.3 cm³/mol. The smallest absolute Gasteiger partial charge is 0.419 e. The van der Waals surface area contributed by atoms with Crippen molar-refractivity contribution in [2.75, 3.05) is 0 Å². The highest BCUT2D eigenvalue weighted by atomic mass is 32.2. The van der Waals surface area contributed by atoms with Crippen molar-refractivity contribution in [3.05, 3.63) is 59.4 Å². The van der Waals surface area contributed by atoms with E-state index in [0.29, 0.717) is 6.07 Å². The Balaban J connectivity index is 2.44. The van der Waals surface area contributed by atoms with E-state index in [1.54, 1.807) is 26.8 Å². The fraction of sp³-hybridized carbons (Fsp3) is 0.375. The minimum Gasteiger partial charge on any atom is -0.598 e. The Hall–Kier alpha value is -1.71. The number of nitrogens with zero attached hydrogens (tertiary/aromatic N) is 2. The van der Waals surface area contributed by atoms with Crippen LogP contribution in [0.4, 0.5) is 17.6 Å². The quantitative estimate of drug-likeness (QED) is 0.653. The third kappa shape index (κ3) is 4.90. The number of alkyl halides is 3. The number of hydrogen-bond donors (Lipinski definition) is 1. The van der Waals surface area contributed by atoms with Crippen LogP contribution in [0.3, 0.4) is 0 Å². The maximum atomic E-state index is 13.9. The van der Waals surface area contributed by atoms with Gasteiger partial charge in [0, 0.05) is 23.8 Å². The van der Waals surface area contributed by atoms with Crippen molar-refractivity contribution in [2.24, 2.45) is 0 Å². The highest BCUT2D eigenvalue weighted by Crippen LogP contribution is 2.33. The second-order valence-corrected chi connectivity index (χ2v) is 8.27. The van der Waals surface area contributed by atoms with Crippen LogP contribution in [0.25, 0.3) is 0 Å². The van der Waals surface area contributed by atoms with E-state index < -0.39 is 39.7 Å². The van der Waals surface area contributed by atoms with Crippen LogP contribution in [0, 0.1) is 5.82 Å². The summed E-state index contributed by atoms with van der Waals surface area (Å²) < 4.78 is 66.7. The standard InChI is InChI=1S/C16H17F4N3OS/c1-15(2,3)25(24)23-13(14-21-7-4-8-22-14)10-5-6-11(12(17)9-10)16(18,19)20/h4-9,13,23H,1-3H3/t13-,25?/m0/s1. The van der Waals surface area contributed by atoms with Crippen LogP contribution in [-0.2, 0) is 17.5 Å². The molecule has 136 valence electrons. The van der Waals surface area contributed by atoms with Gasteiger partial charge in [-0.2, -0.15) is 13.2 Å². The van der Waals surface area contributed by atoms with Crippen LogP contribution >= 0.6 is 0 Å². The summed E-state index contributed by atoms with van der Waals surface area (Å²) in [6, 6.07) is 3.19. The molecule has 0 spiro atoms. The van der Waals surface area contributed by atoms with Gasteiger partial charge in [0.2, 0.25) is 0 Å². The Kier molecular flexibility index (Phi) is 5.70. The van der Waals surface area contributed by atoms with E-state index >= 15 is 0 Å². The van der Waals surface area contributed by atoms with Gasteiger partial charge >= 0.3 is 6.18 Å². The van der Waals surface area contributed by atoms with E-state index in [-0.39, 0.29) is 11.4 Å². The molecule has 0 saturated carbocycles. The topological polar surface area (TPSA) is 60.9 Å². The average Bonchev–Trinajstić information content (AvgIpc) is 2.51. The molecule has 0 aliphatic rings. The minimum atomic E-state index is -4.79. The zero-order chi connectivity index (χ0) is 18.8. The van der Waals surface area contributed by atoms with Crippen LogP contribution < -0.4 is 4.72 Å². The first kappa shape index (κ1) is 19.6. The van der Waals surface area contributed by atoms with Gasteiger partial charge in [0.05, 0.1) is 5.56 Å². The zero-order valence-corrected chi connectivity index (χ0v) is 14.6. The van der Waals surface area contributed by atoms with Crippen LogP contribution in [-0.4, -0.2) is 19.3 Å². The summed E-state index contributed by atoms with van der Waals surface area (Å²) in [5, 5.41) is 0. The van der Waals surface area contributed by atoms with Gasteiger partial charge in [-0.3, -0.25) is 0 Å². The normalized spacial score (nSPS) is 15.0. The van der Waals surface area contributed by atoms with Crippen molar-refractivity contribution in [3.8, 4) is 0 Å². The number of benzene rings is 1. The third-order valence-corrected chi connectivity index (χ3v) is 4.82. The molecule has 1 heterocycles. The molecular formula is C16H17F4N3OS. The molecular weight excluding hydrogens is 358 g/mol. The predicted octanol–water partition coefficient (Wildman–Crippen LogP) is 3.78. The van der Waals surface area contributed by atoms with Gasteiger partial charge in [-0.15, -0.1) is 4.72 Å². The fourth-order valence-corrected chi connectivity index (χ4v) is 2.76. The summed E-state index contributed by atoms with van der Waals surface area (Å²) in [5.41, 5.74) is -1.21. The summed E-state index contributed by atoms with van der Waals surface area (Å²) in [6.07, 6.45) is -1.90. The lowest BCUT2D eigenvalue weighted by atomic mass is 10.0. The highest BCUT2D eigenvalue weighted by Gasteiger charge is 2.36. The Labute approximate surface area is 146 Å². The lowest BCUT2D eigenvalue weighted by Crippen LogP contribution is -2.42. The molecule has 0 aliphatic heterocycles. The van der Waals surface area contributed by atoms with Gasteiger partial charge in [-0.1, -0.05) is 6.07 Å². The molecule has 4 nitrogen and oxygen atoms in total. The lowest BCUT2D eigenvalue weighted by molar-refractivity contribution is -0.140. The Bertz CT molecular complexity index is 720. The van der Waals surface area contributed by atoms with Crippen molar-refractivity contribution < 1.29 is 22.1 Å². The SMILES string of the molecule is CC(C)(C)[S+]([O-])N[C@@H](c1ccc(C(F)(F)F)c(F)c1)c1ncccn1. The molecule has 1 aromatic carbocycles. The third-order valence-electron chi connectivity index (χ3n) is 3.26. The van der Waals surface area contributed by atoms with Crippen LogP contribution in [0.2, 0.25) is 0 Å². The van der Waals surface area contributed by atoms with Gasteiger partial charge in [0.1, 0.15) is 16.6 Å².